The highest BCUT2D eigenvalue weighted by Crippen LogP contribution is 2.43. The molecule has 0 radical (unpaired) electrons. The molecule has 2 atom stereocenters. The van der Waals surface area contributed by atoms with Gasteiger partial charge in [-0.3, -0.25) is 9.05 Å². The van der Waals surface area contributed by atoms with Crippen LogP contribution >= 0.6 is 7.75 Å². The van der Waals surface area contributed by atoms with Crippen molar-refractivity contribution in [3.63, 3.8) is 0 Å². The van der Waals surface area contributed by atoms with Crippen molar-refractivity contribution in [2.24, 2.45) is 5.50 Å². The Labute approximate surface area is 112 Å². The van der Waals surface area contributed by atoms with Crippen molar-refractivity contribution in [1.82, 2.24) is 0 Å². The molecule has 2 aliphatic rings. The first-order chi connectivity index (χ1) is 8.98. The molecule has 112 valence electrons. The molecule has 0 aromatic heterocycles. The summed E-state index contributed by atoms with van der Waals surface area (Å²) < 4.78 is 43.4. The molecule has 2 heterocycles. The van der Waals surface area contributed by atoms with Gasteiger partial charge in [-0.15, -0.1) is 0 Å². The van der Waals surface area contributed by atoms with Crippen LogP contribution in [-0.2, 0) is 32.6 Å². The lowest BCUT2D eigenvalue weighted by Gasteiger charge is -2.25. The molecule has 0 spiro atoms. The maximum absolute atomic E-state index is 12.1. The van der Waals surface area contributed by atoms with Crippen molar-refractivity contribution < 1.29 is 32.6 Å². The van der Waals surface area contributed by atoms with Gasteiger partial charge in [0.05, 0.1) is 26.4 Å². The lowest BCUT2D eigenvalue weighted by molar-refractivity contribution is -0.123. The molecule has 0 bridgehead atoms. The van der Waals surface area contributed by atoms with Crippen molar-refractivity contribution in [3.05, 3.63) is 0 Å². The summed E-state index contributed by atoms with van der Waals surface area (Å²) in [5.41, 5.74) is 5.54. The zero-order chi connectivity index (χ0) is 13.9. The molecule has 2 rings (SSSR count). The van der Waals surface area contributed by atoms with Crippen LogP contribution in [0.5, 0.6) is 0 Å². The van der Waals surface area contributed by atoms with Gasteiger partial charge >= 0.3 is 7.75 Å². The Morgan fingerprint density at radius 3 is 1.58 bits per heavy atom. The summed E-state index contributed by atoms with van der Waals surface area (Å²) in [6.45, 7) is 5.24. The van der Waals surface area contributed by atoms with Crippen LogP contribution in [-0.4, -0.2) is 51.2 Å². The van der Waals surface area contributed by atoms with Gasteiger partial charge in [-0.1, -0.05) is 0 Å². The molecule has 0 aliphatic carbocycles. The minimum absolute atomic E-state index is 0.480. The Morgan fingerprint density at radius 1 is 0.947 bits per heavy atom. The minimum Gasteiger partial charge on any atom is -0.348 e. The van der Waals surface area contributed by atoms with Gasteiger partial charge in [0.25, 0.3) is 0 Å². The van der Waals surface area contributed by atoms with E-state index in [4.69, 9.17) is 33.5 Å². The van der Waals surface area contributed by atoms with E-state index in [9.17, 15) is 4.57 Å². The molecule has 0 aromatic rings. The molecule has 2 aliphatic heterocycles. The van der Waals surface area contributed by atoms with Crippen LogP contribution in [0.2, 0.25) is 0 Å². The molecule has 19 heavy (non-hydrogen) atoms. The largest absolute Gasteiger partial charge is 0.403 e. The van der Waals surface area contributed by atoms with E-state index in [2.05, 4.69) is 0 Å². The summed E-state index contributed by atoms with van der Waals surface area (Å²) in [5.74, 6) is 0. The van der Waals surface area contributed by atoms with Crippen LogP contribution in [0.25, 0.3) is 0 Å². The molecule has 0 amide bonds. The first kappa shape index (κ1) is 15.3. The highest BCUT2D eigenvalue weighted by molar-refractivity contribution is 7.51. The van der Waals surface area contributed by atoms with Crippen molar-refractivity contribution in [3.8, 4) is 0 Å². The highest BCUT2D eigenvalue weighted by Gasteiger charge is 2.35. The second-order valence-corrected chi connectivity index (χ2v) is 5.88. The molecule has 0 aromatic carbocycles. The Hall–Kier alpha value is -0.0500. The van der Waals surface area contributed by atoms with E-state index in [-0.39, 0.29) is 0 Å². The van der Waals surface area contributed by atoms with Crippen LogP contribution in [0.1, 0.15) is 13.8 Å². The average Bonchev–Trinajstić information content (AvgIpc) is 3.01. The molecule has 2 fully saturated rings. The van der Waals surface area contributed by atoms with Crippen molar-refractivity contribution in [1.29, 1.82) is 0 Å². The standard InChI is InChI=1S/C10H20NO7P/c1-7(9-13-3-4-14-9)17-19(11,12)18-8(2)10-15-5-6-16-10/h7-10H,3-6H2,1-2H3,(H2,11,12)/t7-,8-/m0/s1. The number of hydrogen-bond acceptors (Lipinski definition) is 7. The molecular weight excluding hydrogens is 277 g/mol. The van der Waals surface area contributed by atoms with E-state index in [1.165, 1.54) is 0 Å². The van der Waals surface area contributed by atoms with Gasteiger partial charge in [-0.05, 0) is 13.8 Å². The monoisotopic (exact) mass is 297 g/mol. The van der Waals surface area contributed by atoms with Gasteiger partial charge < -0.3 is 18.9 Å². The SMILES string of the molecule is C[C@H](OP(N)(=O)O[C@@H](C)C1OCCO1)C1OCCO1. The number of nitrogens with two attached hydrogens (primary N) is 1. The minimum atomic E-state index is -3.73. The van der Waals surface area contributed by atoms with Crippen LogP contribution < -0.4 is 5.50 Å². The molecular formula is C10H20NO7P. The zero-order valence-electron chi connectivity index (χ0n) is 11.0. The lowest BCUT2D eigenvalue weighted by atomic mass is 10.4. The van der Waals surface area contributed by atoms with Crippen LogP contribution in [0.3, 0.4) is 0 Å². The molecule has 0 saturated carbocycles. The predicted octanol–water partition coefficient (Wildman–Crippen LogP) is 0.609. The van der Waals surface area contributed by atoms with Gasteiger partial charge in [0.2, 0.25) is 0 Å². The summed E-state index contributed by atoms with van der Waals surface area (Å²) in [6, 6.07) is 0. The smallest absolute Gasteiger partial charge is 0.348 e. The fourth-order valence-electron chi connectivity index (χ4n) is 1.88. The van der Waals surface area contributed by atoms with Gasteiger partial charge in [-0.2, -0.15) is 0 Å². The third-order valence-electron chi connectivity index (χ3n) is 2.69. The molecule has 2 N–H and O–H groups in total. The Bertz CT molecular complexity index is 302. The third-order valence-corrected chi connectivity index (χ3v) is 3.94. The van der Waals surface area contributed by atoms with E-state index >= 15 is 0 Å². The number of ether oxygens (including phenoxy) is 4. The summed E-state index contributed by atoms with van der Waals surface area (Å²) in [5, 5.41) is 0. The van der Waals surface area contributed by atoms with E-state index < -0.39 is 32.5 Å². The average molecular weight is 297 g/mol. The maximum Gasteiger partial charge on any atom is 0.403 e. The van der Waals surface area contributed by atoms with Gasteiger partial charge in [0.1, 0.15) is 12.2 Å². The second-order valence-electron chi connectivity index (χ2n) is 4.38. The summed E-state index contributed by atoms with van der Waals surface area (Å²) in [6.07, 6.45) is -2.32. The highest BCUT2D eigenvalue weighted by atomic mass is 31.2. The van der Waals surface area contributed by atoms with Crippen molar-refractivity contribution in [2.45, 2.75) is 38.6 Å². The Morgan fingerprint density at radius 2 is 1.26 bits per heavy atom. The first-order valence-electron chi connectivity index (χ1n) is 6.20. The Balaban J connectivity index is 1.81. The third kappa shape index (κ3) is 4.47. The number of hydrogen-bond donors (Lipinski definition) is 1. The maximum atomic E-state index is 12.1. The van der Waals surface area contributed by atoms with E-state index in [0.29, 0.717) is 26.4 Å². The molecule has 8 nitrogen and oxygen atoms in total. The van der Waals surface area contributed by atoms with Crippen LogP contribution in [0, 0.1) is 0 Å². The zero-order valence-corrected chi connectivity index (χ0v) is 11.9. The number of rotatable bonds is 6. The Kier molecular flexibility index (Phi) is 5.33. The van der Waals surface area contributed by atoms with Gasteiger partial charge in [-0.25, -0.2) is 10.1 Å². The van der Waals surface area contributed by atoms with Crippen LogP contribution in [0.15, 0.2) is 0 Å². The van der Waals surface area contributed by atoms with Crippen molar-refractivity contribution >= 4 is 7.75 Å². The molecule has 2 saturated heterocycles. The van der Waals surface area contributed by atoms with Gasteiger partial charge in [0.15, 0.2) is 12.6 Å². The normalized spacial score (nSPS) is 25.8. The van der Waals surface area contributed by atoms with E-state index in [1.807, 2.05) is 0 Å². The lowest BCUT2D eigenvalue weighted by Crippen LogP contribution is -2.31. The predicted molar refractivity (Wildman–Crippen MR) is 64.3 cm³/mol. The fraction of sp³-hybridized carbons (Fsp3) is 1.00. The second kappa shape index (κ2) is 6.60. The van der Waals surface area contributed by atoms with Crippen molar-refractivity contribution in [2.75, 3.05) is 26.4 Å². The quantitative estimate of drug-likeness (QED) is 0.712. The summed E-state index contributed by atoms with van der Waals surface area (Å²) >= 11 is 0. The van der Waals surface area contributed by atoms with E-state index in [0.717, 1.165) is 0 Å². The topological polar surface area (TPSA) is 98.5 Å². The summed E-state index contributed by atoms with van der Waals surface area (Å²) in [7, 11) is -3.73. The van der Waals surface area contributed by atoms with Crippen LogP contribution in [0.4, 0.5) is 0 Å². The molecule has 9 heteroatoms. The summed E-state index contributed by atoms with van der Waals surface area (Å²) in [4.78, 5) is 0. The van der Waals surface area contributed by atoms with E-state index in [1.54, 1.807) is 13.8 Å². The van der Waals surface area contributed by atoms with Gasteiger partial charge in [0, 0.05) is 0 Å². The fourth-order valence-corrected chi connectivity index (χ4v) is 3.06. The molecule has 0 unspecified atom stereocenters. The first-order valence-corrected chi connectivity index (χ1v) is 7.81.